The molecule has 118 valence electrons. The molecular formula is C15H26N4OS. The Labute approximate surface area is 130 Å². The molecule has 0 saturated heterocycles. The van der Waals surface area contributed by atoms with Crippen LogP contribution < -0.4 is 16.4 Å². The molecule has 1 aliphatic rings. The molecule has 5 nitrogen and oxygen atoms in total. The van der Waals surface area contributed by atoms with Gasteiger partial charge in [0, 0.05) is 12.6 Å². The van der Waals surface area contributed by atoms with Gasteiger partial charge in [-0.15, -0.1) is 0 Å². The number of thiazole rings is 1. The Kier molecular flexibility index (Phi) is 5.85. The van der Waals surface area contributed by atoms with Gasteiger partial charge in [-0.25, -0.2) is 4.98 Å². The highest BCUT2D eigenvalue weighted by Gasteiger charge is 2.24. The Morgan fingerprint density at radius 3 is 2.90 bits per heavy atom. The van der Waals surface area contributed by atoms with Crippen LogP contribution in [-0.2, 0) is 0 Å². The first-order valence-electron chi connectivity index (χ1n) is 7.92. The van der Waals surface area contributed by atoms with Crippen LogP contribution in [0.4, 0.5) is 10.9 Å². The number of carbonyl (C=O) groups excluding carboxylic acids is 1. The van der Waals surface area contributed by atoms with Gasteiger partial charge in [0.15, 0.2) is 5.13 Å². The van der Waals surface area contributed by atoms with Gasteiger partial charge in [-0.05, 0) is 25.2 Å². The van der Waals surface area contributed by atoms with Crippen molar-refractivity contribution in [1.29, 1.82) is 0 Å². The van der Waals surface area contributed by atoms with E-state index in [4.69, 9.17) is 5.73 Å². The second-order valence-electron chi connectivity index (χ2n) is 5.86. The molecule has 2 unspecified atom stereocenters. The topological polar surface area (TPSA) is 80.0 Å². The molecule has 1 amide bonds. The SMILES string of the molecule is CCCNc1nc(N)c(C(=O)NC2CCCCCC2C)s1. The van der Waals surface area contributed by atoms with Crippen LogP contribution in [0.5, 0.6) is 0 Å². The van der Waals surface area contributed by atoms with E-state index in [-0.39, 0.29) is 11.9 Å². The summed E-state index contributed by atoms with van der Waals surface area (Å²) in [6.45, 7) is 5.15. The zero-order valence-corrected chi connectivity index (χ0v) is 13.8. The highest BCUT2D eigenvalue weighted by Crippen LogP contribution is 2.27. The second kappa shape index (κ2) is 7.64. The standard InChI is InChI=1S/C15H26N4OS/c1-3-9-17-15-19-13(16)12(21-15)14(20)18-11-8-6-4-5-7-10(11)2/h10-11H,3-9,16H2,1-2H3,(H,17,19)(H,18,20). The molecule has 0 radical (unpaired) electrons. The van der Waals surface area contributed by atoms with E-state index in [1.807, 2.05) is 0 Å². The van der Waals surface area contributed by atoms with E-state index in [1.54, 1.807) is 0 Å². The molecule has 0 aliphatic heterocycles. The van der Waals surface area contributed by atoms with Gasteiger partial charge in [0.1, 0.15) is 10.7 Å². The fourth-order valence-electron chi connectivity index (χ4n) is 2.74. The van der Waals surface area contributed by atoms with Crippen molar-refractivity contribution in [2.75, 3.05) is 17.6 Å². The van der Waals surface area contributed by atoms with Crippen molar-refractivity contribution in [2.24, 2.45) is 5.92 Å². The number of hydrogen-bond acceptors (Lipinski definition) is 5. The minimum atomic E-state index is -0.0756. The predicted octanol–water partition coefficient (Wildman–Crippen LogP) is 3.25. The number of carbonyl (C=O) groups is 1. The van der Waals surface area contributed by atoms with Crippen LogP contribution in [0.2, 0.25) is 0 Å². The lowest BCUT2D eigenvalue weighted by molar-refractivity contribution is 0.0926. The number of nitrogens with two attached hydrogens (primary N) is 1. The number of aromatic nitrogens is 1. The van der Waals surface area contributed by atoms with Crippen molar-refractivity contribution in [1.82, 2.24) is 10.3 Å². The summed E-state index contributed by atoms with van der Waals surface area (Å²) in [4.78, 5) is 17.2. The highest BCUT2D eigenvalue weighted by atomic mass is 32.1. The van der Waals surface area contributed by atoms with E-state index in [0.29, 0.717) is 16.6 Å². The van der Waals surface area contributed by atoms with Crippen molar-refractivity contribution < 1.29 is 4.79 Å². The van der Waals surface area contributed by atoms with Crippen molar-refractivity contribution in [3.8, 4) is 0 Å². The van der Waals surface area contributed by atoms with Crippen LogP contribution >= 0.6 is 11.3 Å². The molecule has 1 aliphatic carbocycles. The number of rotatable bonds is 5. The normalized spacial score (nSPS) is 22.6. The monoisotopic (exact) mass is 310 g/mol. The smallest absolute Gasteiger partial charge is 0.265 e. The van der Waals surface area contributed by atoms with E-state index < -0.39 is 0 Å². The Bertz CT molecular complexity index is 474. The van der Waals surface area contributed by atoms with Gasteiger partial charge < -0.3 is 16.4 Å². The number of anilines is 2. The molecule has 6 heteroatoms. The van der Waals surface area contributed by atoms with Crippen LogP contribution in [0.15, 0.2) is 0 Å². The predicted molar refractivity (Wildman–Crippen MR) is 88.8 cm³/mol. The molecule has 1 fully saturated rings. The third-order valence-corrected chi connectivity index (χ3v) is 5.09. The van der Waals surface area contributed by atoms with Gasteiger partial charge in [-0.2, -0.15) is 0 Å². The van der Waals surface area contributed by atoms with Gasteiger partial charge in [0.05, 0.1) is 0 Å². The first-order valence-corrected chi connectivity index (χ1v) is 8.74. The molecule has 2 atom stereocenters. The summed E-state index contributed by atoms with van der Waals surface area (Å²) in [6, 6.07) is 0.258. The summed E-state index contributed by atoms with van der Waals surface area (Å²) in [6.07, 6.45) is 6.99. The van der Waals surface area contributed by atoms with Gasteiger partial charge in [-0.1, -0.05) is 44.4 Å². The lowest BCUT2D eigenvalue weighted by Crippen LogP contribution is -2.38. The molecule has 1 aromatic rings. The fourth-order valence-corrected chi connectivity index (χ4v) is 3.56. The largest absolute Gasteiger partial charge is 0.382 e. The van der Waals surface area contributed by atoms with Crippen molar-refractivity contribution in [2.45, 2.75) is 58.4 Å². The molecule has 0 bridgehead atoms. The number of nitrogens with one attached hydrogen (secondary N) is 2. The van der Waals surface area contributed by atoms with E-state index in [1.165, 1.54) is 37.0 Å². The first kappa shape index (κ1) is 16.1. The zero-order chi connectivity index (χ0) is 15.2. The molecule has 1 saturated carbocycles. The molecule has 4 N–H and O–H groups in total. The lowest BCUT2D eigenvalue weighted by atomic mass is 9.97. The van der Waals surface area contributed by atoms with E-state index >= 15 is 0 Å². The average Bonchev–Trinajstić information content (AvgIpc) is 2.72. The Morgan fingerprint density at radius 1 is 1.38 bits per heavy atom. The average molecular weight is 310 g/mol. The fraction of sp³-hybridized carbons (Fsp3) is 0.733. The molecule has 1 heterocycles. The van der Waals surface area contributed by atoms with E-state index in [9.17, 15) is 4.79 Å². The molecule has 1 aromatic heterocycles. The maximum atomic E-state index is 12.4. The molecule has 0 spiro atoms. The minimum Gasteiger partial charge on any atom is -0.382 e. The van der Waals surface area contributed by atoms with E-state index in [2.05, 4.69) is 29.5 Å². The van der Waals surface area contributed by atoms with Crippen LogP contribution in [0.1, 0.15) is 62.0 Å². The first-order chi connectivity index (χ1) is 10.1. The van der Waals surface area contributed by atoms with Gasteiger partial charge in [0.25, 0.3) is 5.91 Å². The maximum absolute atomic E-state index is 12.4. The third-order valence-electron chi connectivity index (χ3n) is 4.06. The van der Waals surface area contributed by atoms with Crippen LogP contribution in [0.3, 0.4) is 0 Å². The third kappa shape index (κ3) is 4.33. The van der Waals surface area contributed by atoms with Crippen molar-refractivity contribution in [3.63, 3.8) is 0 Å². The molecule has 2 rings (SSSR count). The minimum absolute atomic E-state index is 0.0756. The van der Waals surface area contributed by atoms with E-state index in [0.717, 1.165) is 24.5 Å². The molecular weight excluding hydrogens is 284 g/mol. The Morgan fingerprint density at radius 2 is 2.14 bits per heavy atom. The molecule has 0 aromatic carbocycles. The van der Waals surface area contributed by atoms with Gasteiger partial charge in [-0.3, -0.25) is 4.79 Å². The summed E-state index contributed by atoms with van der Waals surface area (Å²) in [7, 11) is 0. The number of nitrogen functional groups attached to an aromatic ring is 1. The summed E-state index contributed by atoms with van der Waals surface area (Å²) < 4.78 is 0. The van der Waals surface area contributed by atoms with Crippen LogP contribution in [0.25, 0.3) is 0 Å². The quantitative estimate of drug-likeness (QED) is 0.729. The van der Waals surface area contributed by atoms with Crippen molar-refractivity contribution >= 4 is 28.2 Å². The number of amides is 1. The Balaban J connectivity index is 2.00. The maximum Gasteiger partial charge on any atom is 0.265 e. The Hall–Kier alpha value is -1.30. The summed E-state index contributed by atoms with van der Waals surface area (Å²) in [5, 5.41) is 7.07. The van der Waals surface area contributed by atoms with Gasteiger partial charge in [0.2, 0.25) is 0 Å². The van der Waals surface area contributed by atoms with Crippen LogP contribution in [-0.4, -0.2) is 23.5 Å². The summed E-state index contributed by atoms with van der Waals surface area (Å²) >= 11 is 1.34. The second-order valence-corrected chi connectivity index (χ2v) is 6.85. The zero-order valence-electron chi connectivity index (χ0n) is 12.9. The summed E-state index contributed by atoms with van der Waals surface area (Å²) in [5.74, 6) is 0.786. The van der Waals surface area contributed by atoms with Crippen LogP contribution in [0, 0.1) is 5.92 Å². The lowest BCUT2D eigenvalue weighted by Gasteiger charge is -2.22. The highest BCUT2D eigenvalue weighted by molar-refractivity contribution is 7.18. The van der Waals surface area contributed by atoms with Gasteiger partial charge >= 0.3 is 0 Å². The van der Waals surface area contributed by atoms with Crippen molar-refractivity contribution in [3.05, 3.63) is 4.88 Å². The number of hydrogen-bond donors (Lipinski definition) is 3. The molecule has 21 heavy (non-hydrogen) atoms. The summed E-state index contributed by atoms with van der Waals surface area (Å²) in [5.41, 5.74) is 5.88. The number of nitrogens with zero attached hydrogens (tertiary/aromatic N) is 1.